The third kappa shape index (κ3) is 7.42. The molecule has 2 aromatic rings. The predicted molar refractivity (Wildman–Crippen MR) is 163 cm³/mol. The highest BCUT2D eigenvalue weighted by atomic mass is 32.2. The number of nitrogens with zero attached hydrogens (tertiary/aromatic N) is 1. The molecular weight excluding hydrogens is 534 g/mol. The van der Waals surface area contributed by atoms with E-state index in [1.54, 1.807) is 16.4 Å². The van der Waals surface area contributed by atoms with Crippen LogP contribution in [-0.4, -0.2) is 41.5 Å². The topological polar surface area (TPSA) is 83.9 Å². The smallest absolute Gasteiger partial charge is 0.338 e. The van der Waals surface area contributed by atoms with E-state index in [1.807, 2.05) is 70.2 Å². The maximum Gasteiger partial charge on any atom is 0.338 e. The highest BCUT2D eigenvalue weighted by molar-refractivity contribution is 7.89. The van der Waals surface area contributed by atoms with Gasteiger partial charge in [0.1, 0.15) is 11.4 Å². The van der Waals surface area contributed by atoms with Crippen molar-refractivity contribution < 1.29 is 23.1 Å². The molecule has 0 radical (unpaired) electrons. The molecule has 1 saturated heterocycles. The van der Waals surface area contributed by atoms with Crippen LogP contribution in [-0.2, 0) is 26.0 Å². The number of aliphatic hydroxyl groups is 1. The van der Waals surface area contributed by atoms with Gasteiger partial charge in [-0.05, 0) is 77.0 Å². The summed E-state index contributed by atoms with van der Waals surface area (Å²) in [6, 6.07) is 16.1. The first kappa shape index (κ1) is 31.3. The van der Waals surface area contributed by atoms with E-state index in [-0.39, 0.29) is 22.6 Å². The summed E-state index contributed by atoms with van der Waals surface area (Å²) in [5, 5.41) is 11.7. The van der Waals surface area contributed by atoms with Crippen LogP contribution in [0.4, 0.5) is 0 Å². The Hall–Kier alpha value is -2.64. The standard InChI is InChI=1S/C34H47NO5S/c1-6-7-8-9-13-16-26-22-30-29(32(36)31(26)33(37)40-34(3,4)5)23-27(21-25-14-11-10-12-15-25)35(30)41(38,39)28-19-17-24(2)18-20-28/h10-12,14-15,17-20,26-27,29-30,36H,6-9,13,16,21-23H2,1-5H3/t26-,27-,29-,30-/m0/s1. The lowest BCUT2D eigenvalue weighted by atomic mass is 9.75. The zero-order valence-electron chi connectivity index (χ0n) is 25.3. The maximum atomic E-state index is 14.3. The van der Waals surface area contributed by atoms with Crippen molar-refractivity contribution in [1.29, 1.82) is 0 Å². The van der Waals surface area contributed by atoms with Crippen LogP contribution in [0.1, 0.15) is 90.2 Å². The van der Waals surface area contributed by atoms with E-state index < -0.39 is 33.6 Å². The van der Waals surface area contributed by atoms with E-state index in [1.165, 1.54) is 6.42 Å². The molecule has 7 heteroatoms. The van der Waals surface area contributed by atoms with Crippen LogP contribution in [0.3, 0.4) is 0 Å². The summed E-state index contributed by atoms with van der Waals surface area (Å²) < 4.78 is 36.0. The molecule has 6 nitrogen and oxygen atoms in total. The zero-order chi connectivity index (χ0) is 29.8. The van der Waals surface area contributed by atoms with Gasteiger partial charge in [0.15, 0.2) is 0 Å². The van der Waals surface area contributed by atoms with E-state index in [0.29, 0.717) is 31.3 Å². The fourth-order valence-electron chi connectivity index (χ4n) is 6.51. The first-order valence-electron chi connectivity index (χ1n) is 15.2. The molecule has 41 heavy (non-hydrogen) atoms. The summed E-state index contributed by atoms with van der Waals surface area (Å²) in [7, 11) is -3.86. The molecule has 4 rings (SSSR count). The van der Waals surface area contributed by atoms with Crippen LogP contribution >= 0.6 is 0 Å². The fourth-order valence-corrected chi connectivity index (χ4v) is 8.38. The highest BCUT2D eigenvalue weighted by Crippen LogP contribution is 2.48. The van der Waals surface area contributed by atoms with Crippen molar-refractivity contribution in [3.05, 3.63) is 77.1 Å². The molecule has 1 fully saturated rings. The molecule has 0 bridgehead atoms. The number of carbonyl (C=O) groups is 1. The third-order valence-electron chi connectivity index (χ3n) is 8.42. The average molecular weight is 582 g/mol. The lowest BCUT2D eigenvalue weighted by Gasteiger charge is -2.37. The molecule has 2 aromatic carbocycles. The molecular formula is C34H47NO5S. The molecule has 0 aromatic heterocycles. The van der Waals surface area contributed by atoms with Crippen LogP contribution < -0.4 is 0 Å². The number of unbranched alkanes of at least 4 members (excludes halogenated alkanes) is 4. The van der Waals surface area contributed by atoms with Gasteiger partial charge < -0.3 is 9.84 Å². The zero-order valence-corrected chi connectivity index (χ0v) is 26.1. The fraction of sp³-hybridized carbons (Fsp3) is 0.559. The number of hydrogen-bond donors (Lipinski definition) is 1. The summed E-state index contributed by atoms with van der Waals surface area (Å²) in [6.45, 7) is 9.60. The second kappa shape index (κ2) is 13.1. The van der Waals surface area contributed by atoms with E-state index in [4.69, 9.17) is 4.74 Å². The number of rotatable bonds is 11. The van der Waals surface area contributed by atoms with Gasteiger partial charge in [0.05, 0.1) is 10.5 Å². The number of hydrogen-bond acceptors (Lipinski definition) is 5. The van der Waals surface area contributed by atoms with Gasteiger partial charge in [-0.1, -0.05) is 87.1 Å². The lowest BCUT2D eigenvalue weighted by Crippen LogP contribution is -2.46. The van der Waals surface area contributed by atoms with Gasteiger partial charge >= 0.3 is 5.97 Å². The summed E-state index contributed by atoms with van der Waals surface area (Å²) in [5.74, 6) is -1.18. The van der Waals surface area contributed by atoms with E-state index in [9.17, 15) is 18.3 Å². The second-order valence-corrected chi connectivity index (χ2v) is 14.7. The predicted octanol–water partition coefficient (Wildman–Crippen LogP) is 7.52. The van der Waals surface area contributed by atoms with Gasteiger partial charge in [-0.3, -0.25) is 0 Å². The second-order valence-electron chi connectivity index (χ2n) is 12.8. The molecule has 4 atom stereocenters. The van der Waals surface area contributed by atoms with Gasteiger partial charge in [0.2, 0.25) is 10.0 Å². The summed E-state index contributed by atoms with van der Waals surface area (Å²) >= 11 is 0. The lowest BCUT2D eigenvalue weighted by molar-refractivity contribution is -0.151. The van der Waals surface area contributed by atoms with Crippen molar-refractivity contribution in [2.75, 3.05) is 0 Å². The van der Waals surface area contributed by atoms with Gasteiger partial charge in [-0.15, -0.1) is 0 Å². The number of ether oxygens (including phenoxy) is 1. The Kier molecular flexibility index (Phi) is 10.0. The maximum absolute atomic E-state index is 14.3. The van der Waals surface area contributed by atoms with Crippen molar-refractivity contribution in [2.24, 2.45) is 11.8 Å². The first-order valence-corrected chi connectivity index (χ1v) is 16.7. The van der Waals surface area contributed by atoms with Crippen molar-refractivity contribution >= 4 is 16.0 Å². The molecule has 1 heterocycles. The Balaban J connectivity index is 1.74. The van der Waals surface area contributed by atoms with Gasteiger partial charge in [-0.25, -0.2) is 13.2 Å². The number of aliphatic hydroxyl groups excluding tert-OH is 1. The number of fused-ring (bicyclic) bond motifs is 1. The molecule has 2 aliphatic rings. The van der Waals surface area contributed by atoms with Gasteiger partial charge in [-0.2, -0.15) is 4.31 Å². The Morgan fingerprint density at radius 2 is 1.63 bits per heavy atom. The Bertz CT molecular complexity index is 1310. The number of benzene rings is 2. The Morgan fingerprint density at radius 3 is 2.27 bits per heavy atom. The summed E-state index contributed by atoms with van der Waals surface area (Å²) in [5.41, 5.74) is 1.69. The normalized spacial score (nSPS) is 23.4. The van der Waals surface area contributed by atoms with Gasteiger partial charge in [0.25, 0.3) is 0 Å². The van der Waals surface area contributed by atoms with Crippen LogP contribution in [0.5, 0.6) is 0 Å². The monoisotopic (exact) mass is 581 g/mol. The minimum atomic E-state index is -3.86. The Labute approximate surface area is 246 Å². The van der Waals surface area contributed by atoms with Crippen LogP contribution in [0, 0.1) is 18.8 Å². The van der Waals surface area contributed by atoms with Crippen molar-refractivity contribution in [1.82, 2.24) is 4.31 Å². The van der Waals surface area contributed by atoms with Gasteiger partial charge in [0, 0.05) is 18.0 Å². The quantitative estimate of drug-likeness (QED) is 0.219. The van der Waals surface area contributed by atoms with Crippen LogP contribution in [0.2, 0.25) is 0 Å². The molecule has 1 aliphatic heterocycles. The number of carbonyl (C=O) groups excluding carboxylic acids is 1. The molecule has 0 amide bonds. The average Bonchev–Trinajstić information content (AvgIpc) is 3.27. The van der Waals surface area contributed by atoms with Crippen LogP contribution in [0.15, 0.2) is 70.8 Å². The third-order valence-corrected chi connectivity index (χ3v) is 10.4. The molecule has 0 saturated carbocycles. The number of esters is 1. The van der Waals surface area contributed by atoms with E-state index >= 15 is 0 Å². The van der Waals surface area contributed by atoms with Crippen LogP contribution in [0.25, 0.3) is 0 Å². The highest BCUT2D eigenvalue weighted by Gasteiger charge is 2.53. The summed E-state index contributed by atoms with van der Waals surface area (Å²) in [4.78, 5) is 13.8. The molecule has 0 unspecified atom stereocenters. The molecule has 0 spiro atoms. The molecule has 1 N–H and O–H groups in total. The van der Waals surface area contributed by atoms with E-state index in [2.05, 4.69) is 6.92 Å². The number of aryl methyl sites for hydroxylation is 1. The number of sulfonamides is 1. The molecule has 224 valence electrons. The van der Waals surface area contributed by atoms with E-state index in [0.717, 1.165) is 36.8 Å². The minimum absolute atomic E-state index is 0.0220. The Morgan fingerprint density at radius 1 is 0.976 bits per heavy atom. The minimum Gasteiger partial charge on any atom is -0.511 e. The first-order chi connectivity index (χ1) is 19.4. The molecule has 1 aliphatic carbocycles. The summed E-state index contributed by atoms with van der Waals surface area (Å²) in [6.07, 6.45) is 7.59. The largest absolute Gasteiger partial charge is 0.511 e. The van der Waals surface area contributed by atoms with Crippen molar-refractivity contribution in [2.45, 2.75) is 115 Å². The SMILES string of the molecule is CCCCCCC[C@H]1C[C@H]2[C@H](C[C@H](Cc3ccccc3)N2S(=O)(=O)c2ccc(C)cc2)C(O)=C1C(=O)OC(C)(C)C. The van der Waals surface area contributed by atoms with Crippen molar-refractivity contribution in [3.8, 4) is 0 Å². The van der Waals surface area contributed by atoms with Crippen molar-refractivity contribution in [3.63, 3.8) is 0 Å².